The quantitative estimate of drug-likeness (QED) is 0.724. The molecule has 6 nitrogen and oxygen atoms in total. The fraction of sp³-hybridized carbons (Fsp3) is 0. The van der Waals surface area contributed by atoms with Crippen molar-refractivity contribution in [2.45, 2.75) is 0 Å². The van der Waals surface area contributed by atoms with Gasteiger partial charge in [-0.3, -0.25) is 9.78 Å². The van der Waals surface area contributed by atoms with Crippen molar-refractivity contribution in [1.29, 1.82) is 0 Å². The number of benzene rings is 1. The first kappa shape index (κ1) is 12.6. The van der Waals surface area contributed by atoms with E-state index in [9.17, 15) is 9.59 Å². The predicted molar refractivity (Wildman–Crippen MR) is 70.0 cm³/mol. The molecule has 0 radical (unpaired) electrons. The number of hydrogen-bond acceptors (Lipinski definition) is 4. The van der Waals surface area contributed by atoms with Crippen LogP contribution >= 0.6 is 0 Å². The maximum Gasteiger partial charge on any atom is 0.337 e. The molecule has 1 heterocycles. The Balaban J connectivity index is 2.29. The summed E-state index contributed by atoms with van der Waals surface area (Å²) in [6.07, 6.45) is 1.48. The van der Waals surface area contributed by atoms with E-state index < -0.39 is 11.9 Å². The molecule has 0 aliphatic rings. The Morgan fingerprint density at radius 2 is 2.00 bits per heavy atom. The first-order chi connectivity index (χ1) is 9.08. The van der Waals surface area contributed by atoms with Gasteiger partial charge in [0.15, 0.2) is 0 Å². The Bertz CT molecular complexity index is 626. The van der Waals surface area contributed by atoms with Gasteiger partial charge in [0.1, 0.15) is 5.69 Å². The number of rotatable bonds is 3. The summed E-state index contributed by atoms with van der Waals surface area (Å²) in [5.41, 5.74) is 6.15. The second-order valence-electron chi connectivity index (χ2n) is 3.78. The molecular formula is C13H11N3O3. The second kappa shape index (κ2) is 5.18. The van der Waals surface area contributed by atoms with Crippen molar-refractivity contribution in [3.8, 4) is 0 Å². The first-order valence-electron chi connectivity index (χ1n) is 5.43. The number of nitrogens with one attached hydrogen (secondary N) is 1. The van der Waals surface area contributed by atoms with Crippen molar-refractivity contribution in [3.05, 3.63) is 53.9 Å². The van der Waals surface area contributed by atoms with Crippen LogP contribution < -0.4 is 11.1 Å². The largest absolute Gasteiger partial charge is 0.478 e. The molecule has 0 aliphatic heterocycles. The molecule has 0 bridgehead atoms. The molecule has 4 N–H and O–H groups in total. The van der Waals surface area contributed by atoms with Crippen molar-refractivity contribution >= 4 is 23.3 Å². The average Bonchev–Trinajstić information content (AvgIpc) is 2.41. The first-order valence-corrected chi connectivity index (χ1v) is 5.43. The van der Waals surface area contributed by atoms with Gasteiger partial charge in [0, 0.05) is 11.9 Å². The monoisotopic (exact) mass is 257 g/mol. The van der Waals surface area contributed by atoms with Crippen LogP contribution in [0.5, 0.6) is 0 Å². The number of carbonyl (C=O) groups is 2. The van der Waals surface area contributed by atoms with Crippen LogP contribution in [0, 0.1) is 0 Å². The number of nitrogens with two attached hydrogens (primary N) is 1. The molecule has 0 saturated heterocycles. The molecule has 0 spiro atoms. The van der Waals surface area contributed by atoms with Gasteiger partial charge in [-0.1, -0.05) is 6.07 Å². The minimum Gasteiger partial charge on any atom is -0.478 e. The van der Waals surface area contributed by atoms with Gasteiger partial charge in [-0.15, -0.1) is 0 Å². The lowest BCUT2D eigenvalue weighted by Crippen LogP contribution is -2.16. The molecule has 19 heavy (non-hydrogen) atoms. The maximum atomic E-state index is 11.9. The van der Waals surface area contributed by atoms with Crippen molar-refractivity contribution in [2.75, 3.05) is 11.1 Å². The third kappa shape index (κ3) is 2.86. The molecule has 6 heteroatoms. The van der Waals surface area contributed by atoms with Crippen LogP contribution in [0.15, 0.2) is 42.6 Å². The number of nitrogens with zero attached hydrogens (tertiary/aromatic N) is 1. The van der Waals surface area contributed by atoms with Crippen LogP contribution in [0.4, 0.5) is 11.4 Å². The summed E-state index contributed by atoms with van der Waals surface area (Å²) in [4.78, 5) is 26.8. The number of aromatic nitrogens is 1. The molecule has 0 fully saturated rings. The molecule has 0 saturated carbocycles. The normalized spacial score (nSPS) is 9.89. The van der Waals surface area contributed by atoms with E-state index in [4.69, 9.17) is 10.8 Å². The van der Waals surface area contributed by atoms with Crippen LogP contribution in [0.3, 0.4) is 0 Å². The van der Waals surface area contributed by atoms with Gasteiger partial charge in [-0.05, 0) is 30.3 Å². The highest BCUT2D eigenvalue weighted by Crippen LogP contribution is 2.19. The third-order valence-electron chi connectivity index (χ3n) is 2.42. The van der Waals surface area contributed by atoms with Crippen LogP contribution in [-0.2, 0) is 0 Å². The number of carbonyl (C=O) groups excluding carboxylic acids is 1. The number of amides is 1. The fourth-order valence-electron chi connectivity index (χ4n) is 1.53. The summed E-state index contributed by atoms with van der Waals surface area (Å²) in [7, 11) is 0. The zero-order chi connectivity index (χ0) is 13.8. The van der Waals surface area contributed by atoms with Gasteiger partial charge in [0.2, 0.25) is 0 Å². The minimum absolute atomic E-state index is 0.0655. The zero-order valence-electron chi connectivity index (χ0n) is 9.83. The molecule has 0 atom stereocenters. The third-order valence-corrected chi connectivity index (χ3v) is 2.42. The van der Waals surface area contributed by atoms with E-state index in [1.165, 1.54) is 30.5 Å². The highest BCUT2D eigenvalue weighted by atomic mass is 16.4. The fourth-order valence-corrected chi connectivity index (χ4v) is 1.53. The summed E-state index contributed by atoms with van der Waals surface area (Å²) < 4.78 is 0. The van der Waals surface area contributed by atoms with E-state index >= 15 is 0 Å². The molecule has 1 aromatic carbocycles. The minimum atomic E-state index is -1.16. The Hall–Kier alpha value is -2.89. The van der Waals surface area contributed by atoms with Crippen LogP contribution in [0.2, 0.25) is 0 Å². The lowest BCUT2D eigenvalue weighted by molar-refractivity contribution is 0.0698. The van der Waals surface area contributed by atoms with Gasteiger partial charge in [0.25, 0.3) is 5.91 Å². The summed E-state index contributed by atoms with van der Waals surface area (Å²) in [6, 6.07) is 9.13. The molecule has 1 aromatic heterocycles. The van der Waals surface area contributed by atoms with Gasteiger partial charge < -0.3 is 16.2 Å². The van der Waals surface area contributed by atoms with Crippen molar-refractivity contribution < 1.29 is 14.7 Å². The Labute approximate surface area is 108 Å². The number of carboxylic acids is 1. The van der Waals surface area contributed by atoms with Crippen LogP contribution in [-0.4, -0.2) is 22.0 Å². The smallest absolute Gasteiger partial charge is 0.337 e. The van der Waals surface area contributed by atoms with E-state index in [0.29, 0.717) is 5.69 Å². The topological polar surface area (TPSA) is 105 Å². The molecular weight excluding hydrogens is 246 g/mol. The lowest BCUT2D eigenvalue weighted by atomic mass is 10.1. The average molecular weight is 257 g/mol. The van der Waals surface area contributed by atoms with E-state index in [1.54, 1.807) is 12.1 Å². The number of pyridine rings is 1. The predicted octanol–water partition coefficient (Wildman–Crippen LogP) is 1.61. The standard InChI is InChI=1S/C13H11N3O3/c14-8-4-5-10(9(7-8)13(18)19)16-12(17)11-3-1-2-6-15-11/h1-7H,14H2,(H,16,17)(H,18,19). The number of carboxylic acid groups (broad SMARTS) is 1. The van der Waals surface area contributed by atoms with E-state index in [1.807, 2.05) is 0 Å². The van der Waals surface area contributed by atoms with E-state index in [2.05, 4.69) is 10.3 Å². The van der Waals surface area contributed by atoms with Gasteiger partial charge >= 0.3 is 5.97 Å². The molecule has 2 aromatic rings. The number of aromatic carboxylic acids is 1. The molecule has 0 aliphatic carbocycles. The van der Waals surface area contributed by atoms with Crippen molar-refractivity contribution in [1.82, 2.24) is 4.98 Å². The van der Waals surface area contributed by atoms with E-state index in [0.717, 1.165) is 0 Å². The van der Waals surface area contributed by atoms with Crippen LogP contribution in [0.25, 0.3) is 0 Å². The van der Waals surface area contributed by atoms with Crippen LogP contribution in [0.1, 0.15) is 20.8 Å². The van der Waals surface area contributed by atoms with Crippen molar-refractivity contribution in [2.24, 2.45) is 0 Å². The second-order valence-corrected chi connectivity index (χ2v) is 3.78. The zero-order valence-corrected chi connectivity index (χ0v) is 9.83. The van der Waals surface area contributed by atoms with Gasteiger partial charge in [-0.2, -0.15) is 0 Å². The highest BCUT2D eigenvalue weighted by Gasteiger charge is 2.14. The maximum absolute atomic E-state index is 11.9. The molecule has 2 rings (SSSR count). The highest BCUT2D eigenvalue weighted by molar-refractivity contribution is 6.07. The number of anilines is 2. The van der Waals surface area contributed by atoms with Gasteiger partial charge in [-0.25, -0.2) is 4.79 Å². The summed E-state index contributed by atoms with van der Waals surface area (Å²) in [6.45, 7) is 0. The summed E-state index contributed by atoms with van der Waals surface area (Å²) in [5.74, 6) is -1.64. The molecule has 96 valence electrons. The van der Waals surface area contributed by atoms with Gasteiger partial charge in [0.05, 0.1) is 11.3 Å². The number of hydrogen-bond donors (Lipinski definition) is 3. The molecule has 0 unspecified atom stereocenters. The Kier molecular flexibility index (Phi) is 3.42. The lowest BCUT2D eigenvalue weighted by Gasteiger charge is -2.08. The summed E-state index contributed by atoms with van der Waals surface area (Å²) >= 11 is 0. The van der Waals surface area contributed by atoms with E-state index in [-0.39, 0.29) is 16.9 Å². The number of nitrogen functional groups attached to an aromatic ring is 1. The van der Waals surface area contributed by atoms with Crippen molar-refractivity contribution in [3.63, 3.8) is 0 Å². The molecule has 1 amide bonds. The summed E-state index contributed by atoms with van der Waals surface area (Å²) in [5, 5.41) is 11.5. The Morgan fingerprint density at radius 1 is 1.21 bits per heavy atom. The SMILES string of the molecule is Nc1ccc(NC(=O)c2ccccn2)c(C(=O)O)c1. The Morgan fingerprint density at radius 3 is 2.63 bits per heavy atom.